The third-order valence-electron chi connectivity index (χ3n) is 2.60. The quantitative estimate of drug-likeness (QED) is 0.626. The lowest BCUT2D eigenvalue weighted by Gasteiger charge is -2.27. The van der Waals surface area contributed by atoms with Crippen LogP contribution in [0.25, 0.3) is 0 Å². The highest BCUT2D eigenvalue weighted by atomic mass is 16.4. The molecule has 0 fully saturated rings. The van der Waals surface area contributed by atoms with Gasteiger partial charge in [-0.1, -0.05) is 32.9 Å². The van der Waals surface area contributed by atoms with Crippen molar-refractivity contribution in [2.45, 2.75) is 26.8 Å². The van der Waals surface area contributed by atoms with E-state index in [1.807, 2.05) is 0 Å². The van der Waals surface area contributed by atoms with Crippen molar-refractivity contribution in [1.29, 1.82) is 0 Å². The average Bonchev–Trinajstić information content (AvgIpc) is 2.27. The highest BCUT2D eigenvalue weighted by Crippen LogP contribution is 2.20. The number of nitrogens with two attached hydrogens (primary N) is 1. The van der Waals surface area contributed by atoms with Crippen LogP contribution in [0.4, 0.5) is 16.2 Å². The van der Waals surface area contributed by atoms with Gasteiger partial charge in [-0.3, -0.25) is 0 Å². The van der Waals surface area contributed by atoms with E-state index >= 15 is 0 Å². The van der Waals surface area contributed by atoms with Gasteiger partial charge in [0, 0.05) is 0 Å². The lowest BCUT2D eigenvalue weighted by atomic mass is 9.87. The molecule has 0 aromatic heterocycles. The first kappa shape index (κ1) is 14.8. The summed E-state index contributed by atoms with van der Waals surface area (Å²) >= 11 is 0. The maximum absolute atomic E-state index is 11.8. The number of carboxylic acids is 1. The summed E-state index contributed by atoms with van der Waals surface area (Å²) in [5.41, 5.74) is 5.95. The fourth-order valence-electron chi connectivity index (χ4n) is 1.55. The van der Waals surface area contributed by atoms with E-state index in [4.69, 9.17) is 10.8 Å². The van der Waals surface area contributed by atoms with Crippen molar-refractivity contribution < 1.29 is 14.7 Å². The van der Waals surface area contributed by atoms with E-state index in [9.17, 15) is 9.59 Å². The van der Waals surface area contributed by atoms with Gasteiger partial charge in [-0.15, -0.1) is 0 Å². The second kappa shape index (κ2) is 5.60. The number of amides is 2. The number of nitrogen functional groups attached to an aromatic ring is 1. The molecule has 0 bridgehead atoms. The van der Waals surface area contributed by atoms with Crippen LogP contribution >= 0.6 is 0 Å². The van der Waals surface area contributed by atoms with Crippen molar-refractivity contribution in [2.24, 2.45) is 5.41 Å². The van der Waals surface area contributed by atoms with E-state index in [2.05, 4.69) is 10.6 Å². The van der Waals surface area contributed by atoms with Crippen LogP contribution in [0.2, 0.25) is 0 Å². The summed E-state index contributed by atoms with van der Waals surface area (Å²) in [6.07, 6.45) is 0. The van der Waals surface area contributed by atoms with Gasteiger partial charge in [-0.05, 0) is 17.5 Å². The summed E-state index contributed by atoms with van der Waals surface area (Å²) in [5, 5.41) is 14.1. The van der Waals surface area contributed by atoms with Gasteiger partial charge >= 0.3 is 12.0 Å². The molecular weight excluding hydrogens is 246 g/mol. The molecule has 1 aromatic carbocycles. The SMILES string of the molecule is CC(C)(C)[C@@H](NC(=O)Nc1ccccc1N)C(=O)O. The normalized spacial score (nSPS) is 12.6. The van der Waals surface area contributed by atoms with Crippen LogP contribution in [0.1, 0.15) is 20.8 Å². The molecule has 0 saturated heterocycles. The van der Waals surface area contributed by atoms with E-state index < -0.39 is 23.5 Å². The maximum atomic E-state index is 11.8. The van der Waals surface area contributed by atoms with Gasteiger partial charge in [-0.25, -0.2) is 9.59 Å². The van der Waals surface area contributed by atoms with E-state index in [1.54, 1.807) is 45.0 Å². The number of para-hydroxylation sites is 2. The van der Waals surface area contributed by atoms with Crippen molar-refractivity contribution in [3.05, 3.63) is 24.3 Å². The number of rotatable bonds is 3. The summed E-state index contributed by atoms with van der Waals surface area (Å²) in [4.78, 5) is 22.9. The molecule has 1 atom stereocenters. The minimum absolute atomic E-state index is 0.417. The number of nitrogens with one attached hydrogen (secondary N) is 2. The van der Waals surface area contributed by atoms with Crippen molar-refractivity contribution in [1.82, 2.24) is 5.32 Å². The first-order valence-corrected chi connectivity index (χ1v) is 5.86. The summed E-state index contributed by atoms with van der Waals surface area (Å²) in [6, 6.07) is 5.17. The zero-order chi connectivity index (χ0) is 14.6. The molecule has 0 saturated carbocycles. The Morgan fingerprint density at radius 3 is 2.32 bits per heavy atom. The van der Waals surface area contributed by atoms with Crippen LogP contribution < -0.4 is 16.4 Å². The molecule has 0 aliphatic heterocycles. The van der Waals surface area contributed by atoms with Crippen molar-refractivity contribution >= 4 is 23.4 Å². The second-order valence-electron chi connectivity index (χ2n) is 5.32. The van der Waals surface area contributed by atoms with Crippen molar-refractivity contribution in [3.63, 3.8) is 0 Å². The number of urea groups is 1. The van der Waals surface area contributed by atoms with E-state index in [1.165, 1.54) is 0 Å². The molecule has 0 aliphatic carbocycles. The maximum Gasteiger partial charge on any atom is 0.326 e. The number of carbonyl (C=O) groups is 2. The van der Waals surface area contributed by atoms with E-state index in [0.29, 0.717) is 11.4 Å². The van der Waals surface area contributed by atoms with Gasteiger partial charge in [0.15, 0.2) is 0 Å². The third kappa shape index (κ3) is 4.17. The van der Waals surface area contributed by atoms with Crippen LogP contribution in [0.5, 0.6) is 0 Å². The van der Waals surface area contributed by atoms with Crippen molar-refractivity contribution in [3.8, 4) is 0 Å². The molecule has 1 rings (SSSR count). The Balaban J connectivity index is 2.75. The largest absolute Gasteiger partial charge is 0.480 e. The topological polar surface area (TPSA) is 104 Å². The van der Waals surface area contributed by atoms with Gasteiger partial charge in [0.2, 0.25) is 0 Å². The van der Waals surface area contributed by atoms with E-state index in [0.717, 1.165) is 0 Å². The molecule has 0 unspecified atom stereocenters. The van der Waals surface area contributed by atoms with Crippen LogP contribution in [-0.4, -0.2) is 23.1 Å². The second-order valence-corrected chi connectivity index (χ2v) is 5.32. The predicted octanol–water partition coefficient (Wildman–Crippen LogP) is 1.89. The Morgan fingerprint density at radius 2 is 1.84 bits per heavy atom. The smallest absolute Gasteiger partial charge is 0.326 e. The third-order valence-corrected chi connectivity index (χ3v) is 2.60. The van der Waals surface area contributed by atoms with Gasteiger partial charge in [0.05, 0.1) is 11.4 Å². The number of hydrogen-bond donors (Lipinski definition) is 4. The summed E-state index contributed by atoms with van der Waals surface area (Å²) in [7, 11) is 0. The first-order valence-electron chi connectivity index (χ1n) is 5.86. The minimum atomic E-state index is -1.08. The zero-order valence-corrected chi connectivity index (χ0v) is 11.2. The molecule has 5 N–H and O–H groups in total. The lowest BCUT2D eigenvalue weighted by molar-refractivity contribution is -0.141. The summed E-state index contributed by atoms with van der Waals surface area (Å²) < 4.78 is 0. The first-order chi connectivity index (χ1) is 8.71. The molecule has 104 valence electrons. The predicted molar refractivity (Wildman–Crippen MR) is 73.9 cm³/mol. The Kier molecular flexibility index (Phi) is 4.37. The number of aliphatic carboxylic acids is 1. The zero-order valence-electron chi connectivity index (χ0n) is 11.2. The number of carbonyl (C=O) groups excluding carboxylic acids is 1. The van der Waals surface area contributed by atoms with Gasteiger partial charge in [-0.2, -0.15) is 0 Å². The Bertz CT molecular complexity index is 480. The molecule has 0 heterocycles. The Labute approximate surface area is 112 Å². The van der Waals surface area contributed by atoms with Crippen molar-refractivity contribution in [2.75, 3.05) is 11.1 Å². The molecular formula is C13H19N3O3. The number of hydrogen-bond acceptors (Lipinski definition) is 3. The molecule has 0 aliphatic rings. The number of benzene rings is 1. The highest BCUT2D eigenvalue weighted by Gasteiger charge is 2.32. The van der Waals surface area contributed by atoms with Gasteiger partial charge in [0.1, 0.15) is 6.04 Å². The van der Waals surface area contributed by atoms with Crippen LogP contribution in [-0.2, 0) is 4.79 Å². The van der Waals surface area contributed by atoms with E-state index in [-0.39, 0.29) is 0 Å². The average molecular weight is 265 g/mol. The summed E-state index contributed by atoms with van der Waals surface area (Å²) in [6.45, 7) is 5.22. The van der Waals surface area contributed by atoms with Gasteiger partial charge in [0.25, 0.3) is 0 Å². The van der Waals surface area contributed by atoms with Crippen LogP contribution in [0, 0.1) is 5.41 Å². The Morgan fingerprint density at radius 1 is 1.26 bits per heavy atom. The van der Waals surface area contributed by atoms with Crippen LogP contribution in [0.3, 0.4) is 0 Å². The molecule has 6 heteroatoms. The molecule has 2 amide bonds. The molecule has 6 nitrogen and oxygen atoms in total. The molecule has 0 spiro atoms. The Hall–Kier alpha value is -2.24. The molecule has 0 radical (unpaired) electrons. The fraction of sp³-hybridized carbons (Fsp3) is 0.385. The molecule has 1 aromatic rings. The fourth-order valence-corrected chi connectivity index (χ4v) is 1.55. The molecule has 19 heavy (non-hydrogen) atoms. The minimum Gasteiger partial charge on any atom is -0.480 e. The highest BCUT2D eigenvalue weighted by molar-refractivity contribution is 5.94. The monoisotopic (exact) mass is 265 g/mol. The summed E-state index contributed by atoms with van der Waals surface area (Å²) in [5.74, 6) is -1.08. The number of anilines is 2. The standard InChI is InChI=1S/C13H19N3O3/c1-13(2,3)10(11(17)18)16-12(19)15-9-7-5-4-6-8(9)14/h4-7,10H,14H2,1-3H3,(H,17,18)(H2,15,16,19)/t10-/m0/s1. The van der Waals surface area contributed by atoms with Gasteiger partial charge < -0.3 is 21.5 Å². The number of carboxylic acid groups (broad SMARTS) is 1. The lowest BCUT2D eigenvalue weighted by Crippen LogP contribution is -2.50. The van der Waals surface area contributed by atoms with Crippen LogP contribution in [0.15, 0.2) is 24.3 Å².